The van der Waals surface area contributed by atoms with Gasteiger partial charge in [-0.1, -0.05) is 19.3 Å². The van der Waals surface area contributed by atoms with E-state index in [1.54, 1.807) is 6.21 Å². The van der Waals surface area contributed by atoms with Crippen LogP contribution in [0.15, 0.2) is 5.16 Å². The van der Waals surface area contributed by atoms with Crippen LogP contribution in [0.4, 0.5) is 0 Å². The summed E-state index contributed by atoms with van der Waals surface area (Å²) in [5.41, 5.74) is 0. The van der Waals surface area contributed by atoms with Gasteiger partial charge < -0.3 is 5.21 Å². The van der Waals surface area contributed by atoms with Gasteiger partial charge in [0.1, 0.15) is 0 Å². The summed E-state index contributed by atoms with van der Waals surface area (Å²) >= 11 is 1.92. The predicted octanol–water partition coefficient (Wildman–Crippen LogP) is 3.15. The highest BCUT2D eigenvalue weighted by Crippen LogP contribution is 2.07. The Labute approximate surface area is 79.4 Å². The third-order valence-electron chi connectivity index (χ3n) is 1.76. The van der Waals surface area contributed by atoms with Crippen molar-refractivity contribution >= 4 is 18.0 Å². The Hall–Kier alpha value is -0.180. The normalized spacial score (nSPS) is 11.1. The molecule has 12 heavy (non-hydrogen) atoms. The van der Waals surface area contributed by atoms with Crippen molar-refractivity contribution in [3.63, 3.8) is 0 Å². The van der Waals surface area contributed by atoms with Crippen LogP contribution in [0.1, 0.15) is 38.5 Å². The molecule has 0 aliphatic rings. The van der Waals surface area contributed by atoms with E-state index in [0.29, 0.717) is 0 Å². The smallest absolute Gasteiger partial charge is 0.0435 e. The second-order valence-corrected chi connectivity index (χ2v) is 3.83. The van der Waals surface area contributed by atoms with Gasteiger partial charge in [0.05, 0.1) is 0 Å². The van der Waals surface area contributed by atoms with Crippen molar-refractivity contribution in [3.05, 3.63) is 0 Å². The Kier molecular flexibility index (Phi) is 10.7. The van der Waals surface area contributed by atoms with Gasteiger partial charge in [0.25, 0.3) is 0 Å². The lowest BCUT2D eigenvalue weighted by atomic mass is 10.1. The fourth-order valence-electron chi connectivity index (χ4n) is 1.07. The Morgan fingerprint density at radius 1 is 1.17 bits per heavy atom. The minimum Gasteiger partial charge on any atom is -0.411 e. The van der Waals surface area contributed by atoms with Gasteiger partial charge in [-0.25, -0.2) is 0 Å². The molecule has 0 rings (SSSR count). The van der Waals surface area contributed by atoms with Crippen LogP contribution in [-0.4, -0.2) is 23.4 Å². The van der Waals surface area contributed by atoms with E-state index in [1.807, 2.05) is 11.8 Å². The molecule has 0 atom stereocenters. The molecule has 0 bridgehead atoms. The van der Waals surface area contributed by atoms with E-state index in [9.17, 15) is 0 Å². The molecule has 1 N–H and O–H groups in total. The lowest BCUT2D eigenvalue weighted by Gasteiger charge is -1.97. The topological polar surface area (TPSA) is 32.6 Å². The highest BCUT2D eigenvalue weighted by Gasteiger charge is 1.89. The van der Waals surface area contributed by atoms with E-state index in [4.69, 9.17) is 5.21 Å². The number of hydrogen-bond donors (Lipinski definition) is 1. The molecule has 0 aromatic heterocycles. The molecule has 0 aromatic carbocycles. The van der Waals surface area contributed by atoms with E-state index < -0.39 is 0 Å². The van der Waals surface area contributed by atoms with Crippen LogP contribution in [0.3, 0.4) is 0 Å². The molecule has 0 spiro atoms. The summed E-state index contributed by atoms with van der Waals surface area (Å²) in [4.78, 5) is 0. The van der Waals surface area contributed by atoms with Crippen LogP contribution in [0.5, 0.6) is 0 Å². The fourth-order valence-corrected chi connectivity index (χ4v) is 1.56. The van der Waals surface area contributed by atoms with Crippen LogP contribution in [0.2, 0.25) is 0 Å². The van der Waals surface area contributed by atoms with Crippen molar-refractivity contribution in [2.24, 2.45) is 5.16 Å². The van der Waals surface area contributed by atoms with E-state index in [-0.39, 0.29) is 0 Å². The molecule has 0 saturated heterocycles. The molecule has 0 radical (unpaired) electrons. The van der Waals surface area contributed by atoms with E-state index in [0.717, 1.165) is 12.8 Å². The zero-order valence-corrected chi connectivity index (χ0v) is 8.65. The molecule has 0 aliphatic heterocycles. The lowest BCUT2D eigenvalue weighted by molar-refractivity contribution is 0.320. The first-order chi connectivity index (χ1) is 5.91. The van der Waals surface area contributed by atoms with Gasteiger partial charge in [-0.15, -0.1) is 5.16 Å². The number of thioether (sulfide) groups is 1. The summed E-state index contributed by atoms with van der Waals surface area (Å²) < 4.78 is 0. The number of hydrogen-bond acceptors (Lipinski definition) is 3. The molecular weight excluding hydrogens is 170 g/mol. The van der Waals surface area contributed by atoms with Crippen molar-refractivity contribution in [3.8, 4) is 0 Å². The standard InChI is InChI=1S/C9H19NOS/c1-12-9-7-5-3-2-4-6-8-10-11/h8,11H,2-7,9H2,1H3/b10-8+. The molecule has 0 amide bonds. The monoisotopic (exact) mass is 189 g/mol. The van der Waals surface area contributed by atoms with Gasteiger partial charge >= 0.3 is 0 Å². The van der Waals surface area contributed by atoms with Crippen molar-refractivity contribution in [1.82, 2.24) is 0 Å². The maximum Gasteiger partial charge on any atom is 0.0435 e. The van der Waals surface area contributed by atoms with Gasteiger partial charge in [0.2, 0.25) is 0 Å². The average Bonchev–Trinajstić information content (AvgIpc) is 2.10. The first-order valence-corrected chi connectivity index (χ1v) is 5.96. The zero-order valence-electron chi connectivity index (χ0n) is 7.83. The SMILES string of the molecule is CSCCCCCCC/C=N/O. The third-order valence-corrected chi connectivity index (χ3v) is 2.46. The second kappa shape index (κ2) is 10.8. The summed E-state index contributed by atoms with van der Waals surface area (Å²) in [5, 5.41) is 11.1. The molecule has 0 heterocycles. The summed E-state index contributed by atoms with van der Waals surface area (Å²) in [6, 6.07) is 0. The summed E-state index contributed by atoms with van der Waals surface area (Å²) in [6.45, 7) is 0. The Morgan fingerprint density at radius 3 is 2.50 bits per heavy atom. The number of rotatable bonds is 8. The molecule has 0 fully saturated rings. The molecule has 72 valence electrons. The largest absolute Gasteiger partial charge is 0.411 e. The average molecular weight is 189 g/mol. The Bertz CT molecular complexity index is 107. The van der Waals surface area contributed by atoms with Gasteiger partial charge in [-0.3, -0.25) is 0 Å². The molecule has 2 nitrogen and oxygen atoms in total. The summed E-state index contributed by atoms with van der Waals surface area (Å²) in [7, 11) is 0. The molecule has 0 unspecified atom stereocenters. The van der Waals surface area contributed by atoms with E-state index >= 15 is 0 Å². The molecule has 3 heteroatoms. The summed E-state index contributed by atoms with van der Waals surface area (Å²) in [5.74, 6) is 1.29. The Morgan fingerprint density at radius 2 is 1.83 bits per heavy atom. The molecule has 0 aromatic rings. The maximum absolute atomic E-state index is 8.11. The third kappa shape index (κ3) is 9.82. The first-order valence-electron chi connectivity index (χ1n) is 4.56. The fraction of sp³-hybridized carbons (Fsp3) is 0.889. The van der Waals surface area contributed by atoms with Gasteiger partial charge in [0.15, 0.2) is 0 Å². The number of nitrogens with zero attached hydrogens (tertiary/aromatic N) is 1. The summed E-state index contributed by atoms with van der Waals surface area (Å²) in [6.07, 6.45) is 11.1. The van der Waals surface area contributed by atoms with Crippen molar-refractivity contribution in [2.75, 3.05) is 12.0 Å². The van der Waals surface area contributed by atoms with Crippen molar-refractivity contribution in [2.45, 2.75) is 38.5 Å². The second-order valence-electron chi connectivity index (χ2n) is 2.85. The highest BCUT2D eigenvalue weighted by atomic mass is 32.2. The Balaban J connectivity index is 2.81. The first kappa shape index (κ1) is 11.8. The molecule has 0 saturated carbocycles. The highest BCUT2D eigenvalue weighted by molar-refractivity contribution is 7.98. The van der Waals surface area contributed by atoms with E-state index in [2.05, 4.69) is 11.4 Å². The van der Waals surface area contributed by atoms with Gasteiger partial charge in [-0.2, -0.15) is 11.8 Å². The van der Waals surface area contributed by atoms with Gasteiger partial charge in [0, 0.05) is 6.21 Å². The predicted molar refractivity (Wildman–Crippen MR) is 56.4 cm³/mol. The van der Waals surface area contributed by atoms with Crippen molar-refractivity contribution < 1.29 is 5.21 Å². The quantitative estimate of drug-likeness (QED) is 0.275. The van der Waals surface area contributed by atoms with Crippen LogP contribution in [0.25, 0.3) is 0 Å². The van der Waals surface area contributed by atoms with Crippen LogP contribution in [0, 0.1) is 0 Å². The van der Waals surface area contributed by atoms with Crippen molar-refractivity contribution in [1.29, 1.82) is 0 Å². The molecular formula is C9H19NOS. The lowest BCUT2D eigenvalue weighted by Crippen LogP contribution is -1.82. The number of oxime groups is 1. The number of unbranched alkanes of at least 4 members (excludes halogenated alkanes) is 5. The zero-order chi connectivity index (χ0) is 9.07. The molecule has 0 aliphatic carbocycles. The van der Waals surface area contributed by atoms with Crippen LogP contribution >= 0.6 is 11.8 Å². The van der Waals surface area contributed by atoms with E-state index in [1.165, 1.54) is 31.4 Å². The minimum atomic E-state index is 0.916. The van der Waals surface area contributed by atoms with Gasteiger partial charge in [-0.05, 0) is 31.3 Å². The van der Waals surface area contributed by atoms with Crippen LogP contribution in [-0.2, 0) is 0 Å². The van der Waals surface area contributed by atoms with Crippen LogP contribution < -0.4 is 0 Å². The maximum atomic E-state index is 8.11. The minimum absolute atomic E-state index is 0.916.